The Hall–Kier alpha value is -0.570. The third-order valence-corrected chi connectivity index (χ3v) is 3.83. The summed E-state index contributed by atoms with van der Waals surface area (Å²) in [5.41, 5.74) is 6.00. The zero-order chi connectivity index (χ0) is 12.7. The van der Waals surface area contributed by atoms with Gasteiger partial charge in [-0.1, -0.05) is 39.0 Å². The summed E-state index contributed by atoms with van der Waals surface area (Å²) in [5, 5.41) is 0. The second-order valence-corrected chi connectivity index (χ2v) is 5.16. The van der Waals surface area contributed by atoms with Crippen molar-refractivity contribution in [3.8, 4) is 0 Å². The highest BCUT2D eigenvalue weighted by Gasteiger charge is 2.27. The standard InChI is InChI=1S/C14H28N2O/c1-3-5-11-13(15)14(17)16(4-2)12-9-7-6-8-10-12/h12-13H,3-11,15H2,1-2H3. The molecule has 0 spiro atoms. The Morgan fingerprint density at radius 2 is 1.94 bits per heavy atom. The Labute approximate surface area is 106 Å². The number of unbranched alkanes of at least 4 members (excludes halogenated alkanes) is 1. The molecule has 1 aliphatic carbocycles. The molecule has 1 atom stereocenters. The van der Waals surface area contributed by atoms with Gasteiger partial charge in [0.05, 0.1) is 6.04 Å². The molecule has 1 unspecified atom stereocenters. The van der Waals surface area contributed by atoms with Crippen molar-refractivity contribution in [2.24, 2.45) is 5.73 Å². The lowest BCUT2D eigenvalue weighted by atomic mass is 9.93. The highest BCUT2D eigenvalue weighted by molar-refractivity contribution is 5.81. The van der Waals surface area contributed by atoms with Gasteiger partial charge in [0.2, 0.25) is 5.91 Å². The van der Waals surface area contributed by atoms with Gasteiger partial charge in [0, 0.05) is 12.6 Å². The first kappa shape index (κ1) is 14.5. The minimum atomic E-state index is -0.281. The van der Waals surface area contributed by atoms with Crippen molar-refractivity contribution < 1.29 is 4.79 Å². The summed E-state index contributed by atoms with van der Waals surface area (Å²) < 4.78 is 0. The number of carbonyl (C=O) groups is 1. The van der Waals surface area contributed by atoms with Gasteiger partial charge in [0.1, 0.15) is 0 Å². The monoisotopic (exact) mass is 240 g/mol. The van der Waals surface area contributed by atoms with Crippen molar-refractivity contribution in [2.75, 3.05) is 6.54 Å². The van der Waals surface area contributed by atoms with Crippen molar-refractivity contribution >= 4 is 5.91 Å². The zero-order valence-corrected chi connectivity index (χ0v) is 11.5. The summed E-state index contributed by atoms with van der Waals surface area (Å²) in [6.45, 7) is 5.01. The zero-order valence-electron chi connectivity index (χ0n) is 11.5. The van der Waals surface area contributed by atoms with Crippen LogP contribution in [0.15, 0.2) is 0 Å². The number of likely N-dealkylation sites (N-methyl/N-ethyl adjacent to an activating group) is 1. The van der Waals surface area contributed by atoms with Crippen LogP contribution in [0.25, 0.3) is 0 Å². The lowest BCUT2D eigenvalue weighted by Crippen LogP contribution is -2.49. The van der Waals surface area contributed by atoms with E-state index in [1.807, 2.05) is 4.90 Å². The molecule has 0 heterocycles. The van der Waals surface area contributed by atoms with E-state index in [-0.39, 0.29) is 11.9 Å². The van der Waals surface area contributed by atoms with Gasteiger partial charge in [-0.05, 0) is 26.2 Å². The number of hydrogen-bond acceptors (Lipinski definition) is 2. The molecule has 1 aliphatic rings. The summed E-state index contributed by atoms with van der Waals surface area (Å²) in [6, 6.07) is 0.172. The fraction of sp³-hybridized carbons (Fsp3) is 0.929. The van der Waals surface area contributed by atoms with E-state index in [0.29, 0.717) is 6.04 Å². The first-order valence-corrected chi connectivity index (χ1v) is 7.26. The SMILES string of the molecule is CCCCC(N)C(=O)N(CC)C1CCCCC1. The van der Waals surface area contributed by atoms with Gasteiger partial charge >= 0.3 is 0 Å². The number of carbonyl (C=O) groups excluding carboxylic acids is 1. The van der Waals surface area contributed by atoms with E-state index >= 15 is 0 Å². The number of hydrogen-bond donors (Lipinski definition) is 1. The molecular weight excluding hydrogens is 212 g/mol. The molecule has 0 aromatic rings. The Bertz CT molecular complexity index is 224. The largest absolute Gasteiger partial charge is 0.339 e. The first-order valence-electron chi connectivity index (χ1n) is 7.26. The van der Waals surface area contributed by atoms with E-state index in [2.05, 4.69) is 13.8 Å². The molecule has 1 rings (SSSR count). The third-order valence-electron chi connectivity index (χ3n) is 3.83. The molecule has 1 fully saturated rings. The molecule has 0 aromatic heterocycles. The summed E-state index contributed by atoms with van der Waals surface area (Å²) in [6.07, 6.45) is 9.17. The fourth-order valence-corrected chi connectivity index (χ4v) is 2.75. The van der Waals surface area contributed by atoms with E-state index in [9.17, 15) is 4.79 Å². The lowest BCUT2D eigenvalue weighted by Gasteiger charge is -2.35. The second-order valence-electron chi connectivity index (χ2n) is 5.16. The normalized spacial score (nSPS) is 19.0. The molecule has 0 bridgehead atoms. The third kappa shape index (κ3) is 4.30. The number of amides is 1. The van der Waals surface area contributed by atoms with Crippen molar-refractivity contribution in [3.63, 3.8) is 0 Å². The van der Waals surface area contributed by atoms with Gasteiger partial charge < -0.3 is 10.6 Å². The molecule has 0 saturated heterocycles. The Morgan fingerprint density at radius 1 is 1.29 bits per heavy atom. The van der Waals surface area contributed by atoms with Crippen LogP contribution in [0.5, 0.6) is 0 Å². The smallest absolute Gasteiger partial charge is 0.239 e. The lowest BCUT2D eigenvalue weighted by molar-refractivity contribution is -0.135. The van der Waals surface area contributed by atoms with Crippen molar-refractivity contribution in [1.82, 2.24) is 4.90 Å². The molecule has 0 aliphatic heterocycles. The molecule has 2 N–H and O–H groups in total. The van der Waals surface area contributed by atoms with E-state index in [1.165, 1.54) is 32.1 Å². The Morgan fingerprint density at radius 3 is 2.47 bits per heavy atom. The average molecular weight is 240 g/mol. The highest BCUT2D eigenvalue weighted by Crippen LogP contribution is 2.23. The van der Waals surface area contributed by atoms with Gasteiger partial charge in [-0.15, -0.1) is 0 Å². The summed E-state index contributed by atoms with van der Waals surface area (Å²) in [5.74, 6) is 0.174. The Balaban J connectivity index is 2.49. The molecule has 1 saturated carbocycles. The van der Waals surface area contributed by atoms with E-state index in [0.717, 1.165) is 25.8 Å². The molecule has 3 nitrogen and oxygen atoms in total. The van der Waals surface area contributed by atoms with Gasteiger partial charge in [-0.2, -0.15) is 0 Å². The topological polar surface area (TPSA) is 46.3 Å². The Kier molecular flexibility index (Phi) is 6.56. The van der Waals surface area contributed by atoms with Crippen LogP contribution in [0, 0.1) is 0 Å². The average Bonchev–Trinajstić information content (AvgIpc) is 2.38. The van der Waals surface area contributed by atoms with Gasteiger partial charge in [0.15, 0.2) is 0 Å². The minimum absolute atomic E-state index is 0.174. The quantitative estimate of drug-likeness (QED) is 0.776. The molecule has 17 heavy (non-hydrogen) atoms. The van der Waals surface area contributed by atoms with Crippen LogP contribution in [0.1, 0.15) is 65.2 Å². The molecule has 1 amide bonds. The van der Waals surface area contributed by atoms with Crippen LogP contribution >= 0.6 is 0 Å². The van der Waals surface area contributed by atoms with Crippen molar-refractivity contribution in [3.05, 3.63) is 0 Å². The molecule has 0 aromatic carbocycles. The van der Waals surface area contributed by atoms with Crippen LogP contribution in [0.3, 0.4) is 0 Å². The van der Waals surface area contributed by atoms with E-state index in [1.54, 1.807) is 0 Å². The number of nitrogens with two attached hydrogens (primary N) is 1. The summed E-state index contributed by atoms with van der Waals surface area (Å²) in [4.78, 5) is 14.3. The van der Waals surface area contributed by atoms with Crippen LogP contribution in [0.2, 0.25) is 0 Å². The maximum absolute atomic E-state index is 12.3. The minimum Gasteiger partial charge on any atom is -0.339 e. The molecular formula is C14H28N2O. The van der Waals surface area contributed by atoms with Crippen LogP contribution in [-0.2, 0) is 4.79 Å². The van der Waals surface area contributed by atoms with E-state index in [4.69, 9.17) is 5.73 Å². The van der Waals surface area contributed by atoms with Gasteiger partial charge in [-0.3, -0.25) is 4.79 Å². The highest BCUT2D eigenvalue weighted by atomic mass is 16.2. The predicted octanol–water partition coefficient (Wildman–Crippen LogP) is 2.69. The van der Waals surface area contributed by atoms with Gasteiger partial charge in [-0.25, -0.2) is 0 Å². The van der Waals surface area contributed by atoms with E-state index < -0.39 is 0 Å². The molecule has 3 heteroatoms. The second kappa shape index (κ2) is 7.70. The van der Waals surface area contributed by atoms with Gasteiger partial charge in [0.25, 0.3) is 0 Å². The number of nitrogens with zero attached hydrogens (tertiary/aromatic N) is 1. The maximum Gasteiger partial charge on any atom is 0.239 e. The predicted molar refractivity (Wildman–Crippen MR) is 71.8 cm³/mol. The van der Waals surface area contributed by atoms with Crippen molar-refractivity contribution in [2.45, 2.75) is 77.3 Å². The van der Waals surface area contributed by atoms with Crippen molar-refractivity contribution in [1.29, 1.82) is 0 Å². The molecule has 100 valence electrons. The first-order chi connectivity index (χ1) is 8.20. The fourth-order valence-electron chi connectivity index (χ4n) is 2.75. The summed E-state index contributed by atoms with van der Waals surface area (Å²) in [7, 11) is 0. The van der Waals surface area contributed by atoms with Crippen LogP contribution in [0.4, 0.5) is 0 Å². The maximum atomic E-state index is 12.3. The van der Waals surface area contributed by atoms with Crippen LogP contribution < -0.4 is 5.73 Å². The summed E-state index contributed by atoms with van der Waals surface area (Å²) >= 11 is 0. The molecule has 0 radical (unpaired) electrons. The number of rotatable bonds is 6. The van der Waals surface area contributed by atoms with Crippen LogP contribution in [-0.4, -0.2) is 29.4 Å².